The molecule has 0 unspecified atom stereocenters. The summed E-state index contributed by atoms with van der Waals surface area (Å²) in [4.78, 5) is 11.1. The van der Waals surface area contributed by atoms with Crippen molar-refractivity contribution in [3.8, 4) is 5.75 Å². The molecule has 0 fully saturated rings. The lowest BCUT2D eigenvalue weighted by Crippen LogP contribution is -2.35. The predicted molar refractivity (Wildman–Crippen MR) is 53.8 cm³/mol. The van der Waals surface area contributed by atoms with Gasteiger partial charge in [-0.05, 0) is 6.07 Å². The molecule has 2 N–H and O–H groups in total. The lowest BCUT2D eigenvalue weighted by molar-refractivity contribution is -0.121. The number of ether oxygens (including phenoxy) is 1. The number of rotatable bonds is 4. The quantitative estimate of drug-likeness (QED) is 0.751. The molecule has 88 valence electrons. The lowest BCUT2D eigenvalue weighted by Gasteiger charge is -2.07. The van der Waals surface area contributed by atoms with Gasteiger partial charge in [0, 0.05) is 18.7 Å². The standard InChI is InChI=1S/C10H12F2N2O2/c1-13-14-10(15)4-6-3-8(12)9(16-2)5-7(6)11/h3,5,13H,4H2,1-2H3,(H,14,15). The molecule has 1 rings (SSSR count). The molecule has 0 atom stereocenters. The zero-order valence-electron chi connectivity index (χ0n) is 8.93. The Labute approximate surface area is 91.6 Å². The summed E-state index contributed by atoms with van der Waals surface area (Å²) in [5.41, 5.74) is 4.64. The molecule has 6 heteroatoms. The number of hydrogen-bond donors (Lipinski definition) is 2. The van der Waals surface area contributed by atoms with E-state index in [1.165, 1.54) is 14.2 Å². The molecule has 0 spiro atoms. The summed E-state index contributed by atoms with van der Waals surface area (Å²) in [6.07, 6.45) is -0.242. The van der Waals surface area contributed by atoms with Gasteiger partial charge in [0.15, 0.2) is 11.6 Å². The van der Waals surface area contributed by atoms with Crippen molar-refractivity contribution in [1.82, 2.24) is 10.9 Å². The molecule has 0 aliphatic carbocycles. The molecule has 16 heavy (non-hydrogen) atoms. The number of methoxy groups -OCH3 is 1. The highest BCUT2D eigenvalue weighted by Gasteiger charge is 2.12. The first-order valence-corrected chi connectivity index (χ1v) is 4.56. The molecule has 0 heterocycles. The molecular formula is C10H12F2N2O2. The van der Waals surface area contributed by atoms with Crippen LogP contribution < -0.4 is 15.6 Å². The van der Waals surface area contributed by atoms with E-state index in [9.17, 15) is 13.6 Å². The third kappa shape index (κ3) is 2.90. The number of amides is 1. The van der Waals surface area contributed by atoms with E-state index in [0.29, 0.717) is 0 Å². The van der Waals surface area contributed by atoms with Crippen LogP contribution in [-0.4, -0.2) is 20.1 Å². The van der Waals surface area contributed by atoms with Crippen molar-refractivity contribution in [2.45, 2.75) is 6.42 Å². The number of nitrogens with one attached hydrogen (secondary N) is 2. The maximum absolute atomic E-state index is 13.4. The molecule has 0 aliphatic rings. The van der Waals surface area contributed by atoms with Crippen molar-refractivity contribution in [2.75, 3.05) is 14.2 Å². The Morgan fingerprint density at radius 1 is 1.38 bits per heavy atom. The fourth-order valence-electron chi connectivity index (χ4n) is 1.22. The van der Waals surface area contributed by atoms with Gasteiger partial charge < -0.3 is 4.74 Å². The first-order chi connectivity index (χ1) is 7.58. The normalized spacial score (nSPS) is 10.0. The van der Waals surface area contributed by atoms with E-state index in [1.54, 1.807) is 0 Å². The Balaban J connectivity index is 2.89. The van der Waals surface area contributed by atoms with Gasteiger partial charge in [0.2, 0.25) is 5.91 Å². The summed E-state index contributed by atoms with van der Waals surface area (Å²) in [5.74, 6) is -2.01. The minimum Gasteiger partial charge on any atom is -0.494 e. The fraction of sp³-hybridized carbons (Fsp3) is 0.300. The molecule has 1 aromatic rings. The minimum absolute atomic E-state index is 0.0222. The average Bonchev–Trinajstić information content (AvgIpc) is 2.23. The maximum Gasteiger partial charge on any atom is 0.238 e. The number of benzene rings is 1. The van der Waals surface area contributed by atoms with Crippen LogP contribution >= 0.6 is 0 Å². The van der Waals surface area contributed by atoms with Gasteiger partial charge in [-0.2, -0.15) is 0 Å². The highest BCUT2D eigenvalue weighted by atomic mass is 19.1. The van der Waals surface area contributed by atoms with Crippen molar-refractivity contribution < 1.29 is 18.3 Å². The highest BCUT2D eigenvalue weighted by molar-refractivity contribution is 5.78. The molecule has 0 bridgehead atoms. The number of hydrazine groups is 1. The van der Waals surface area contributed by atoms with Gasteiger partial charge in [0.1, 0.15) is 5.82 Å². The number of halogens is 2. The van der Waals surface area contributed by atoms with Gasteiger partial charge in [0.05, 0.1) is 13.5 Å². The second-order valence-electron chi connectivity index (χ2n) is 3.05. The SMILES string of the molecule is CNNC(=O)Cc1cc(F)c(OC)cc1F. The van der Waals surface area contributed by atoms with Crippen LogP contribution in [0.3, 0.4) is 0 Å². The van der Waals surface area contributed by atoms with Crippen LogP contribution in [0.5, 0.6) is 5.75 Å². The van der Waals surface area contributed by atoms with Crippen molar-refractivity contribution in [3.63, 3.8) is 0 Å². The average molecular weight is 230 g/mol. The van der Waals surface area contributed by atoms with Gasteiger partial charge in [-0.15, -0.1) is 0 Å². The third-order valence-corrected chi connectivity index (χ3v) is 1.94. The van der Waals surface area contributed by atoms with Crippen LogP contribution in [0.15, 0.2) is 12.1 Å². The van der Waals surface area contributed by atoms with Gasteiger partial charge in [-0.3, -0.25) is 10.2 Å². The summed E-state index contributed by atoms with van der Waals surface area (Å²) in [5, 5.41) is 0. The maximum atomic E-state index is 13.4. The first kappa shape index (κ1) is 12.4. The van der Waals surface area contributed by atoms with E-state index in [0.717, 1.165) is 12.1 Å². The van der Waals surface area contributed by atoms with E-state index < -0.39 is 17.5 Å². The minimum atomic E-state index is -0.698. The largest absolute Gasteiger partial charge is 0.494 e. The molecule has 0 aliphatic heterocycles. The molecular weight excluding hydrogens is 218 g/mol. The van der Waals surface area contributed by atoms with Crippen molar-refractivity contribution in [3.05, 3.63) is 29.3 Å². The monoisotopic (exact) mass is 230 g/mol. The second kappa shape index (κ2) is 5.41. The third-order valence-electron chi connectivity index (χ3n) is 1.94. The number of carbonyl (C=O) groups excluding carboxylic acids is 1. The molecule has 0 saturated carbocycles. The van der Waals surface area contributed by atoms with E-state index in [-0.39, 0.29) is 17.7 Å². The van der Waals surface area contributed by atoms with E-state index >= 15 is 0 Å². The Morgan fingerprint density at radius 2 is 2.06 bits per heavy atom. The molecule has 0 saturated heterocycles. The zero-order valence-corrected chi connectivity index (χ0v) is 8.93. The van der Waals surface area contributed by atoms with Crippen molar-refractivity contribution >= 4 is 5.91 Å². The highest BCUT2D eigenvalue weighted by Crippen LogP contribution is 2.21. The molecule has 1 aromatic carbocycles. The first-order valence-electron chi connectivity index (χ1n) is 4.56. The topological polar surface area (TPSA) is 50.4 Å². The molecule has 1 amide bonds. The molecule has 4 nitrogen and oxygen atoms in total. The molecule has 0 aromatic heterocycles. The van der Waals surface area contributed by atoms with Crippen molar-refractivity contribution in [2.24, 2.45) is 0 Å². The second-order valence-corrected chi connectivity index (χ2v) is 3.05. The van der Waals surface area contributed by atoms with Crippen LogP contribution in [0.1, 0.15) is 5.56 Å². The Morgan fingerprint density at radius 3 is 2.62 bits per heavy atom. The number of hydrogen-bond acceptors (Lipinski definition) is 3. The number of carbonyl (C=O) groups is 1. The van der Waals surface area contributed by atoms with Crippen LogP contribution in [-0.2, 0) is 11.2 Å². The fourth-order valence-corrected chi connectivity index (χ4v) is 1.22. The predicted octanol–water partition coefficient (Wildman–Crippen LogP) is 0.767. The van der Waals surface area contributed by atoms with Crippen molar-refractivity contribution in [1.29, 1.82) is 0 Å². The van der Waals surface area contributed by atoms with Crippen LogP contribution in [0.4, 0.5) is 8.78 Å². The van der Waals surface area contributed by atoms with Crippen LogP contribution in [0.2, 0.25) is 0 Å². The van der Waals surface area contributed by atoms with Gasteiger partial charge >= 0.3 is 0 Å². The van der Waals surface area contributed by atoms with Gasteiger partial charge in [-0.25, -0.2) is 14.2 Å². The van der Waals surface area contributed by atoms with E-state index in [2.05, 4.69) is 15.6 Å². The summed E-state index contributed by atoms with van der Waals surface area (Å²) < 4.78 is 31.2. The van der Waals surface area contributed by atoms with Gasteiger partial charge in [0.25, 0.3) is 0 Å². The van der Waals surface area contributed by atoms with Crippen LogP contribution in [0.25, 0.3) is 0 Å². The Kier molecular flexibility index (Phi) is 4.19. The van der Waals surface area contributed by atoms with E-state index in [1.807, 2.05) is 0 Å². The zero-order chi connectivity index (χ0) is 12.1. The summed E-state index contributed by atoms with van der Waals surface area (Å²) in [7, 11) is 2.74. The Bertz CT molecular complexity index is 397. The summed E-state index contributed by atoms with van der Waals surface area (Å²) in [6.45, 7) is 0. The Hall–Kier alpha value is -1.69. The lowest BCUT2D eigenvalue weighted by atomic mass is 10.1. The summed E-state index contributed by atoms with van der Waals surface area (Å²) in [6, 6.07) is 1.86. The van der Waals surface area contributed by atoms with Crippen LogP contribution in [0, 0.1) is 11.6 Å². The van der Waals surface area contributed by atoms with Gasteiger partial charge in [-0.1, -0.05) is 0 Å². The summed E-state index contributed by atoms with van der Waals surface area (Å²) >= 11 is 0. The smallest absolute Gasteiger partial charge is 0.238 e. The van der Waals surface area contributed by atoms with E-state index in [4.69, 9.17) is 0 Å². The molecule has 0 radical (unpaired) electrons.